The number of aliphatic hydroxyl groups is 1. The number of carbonyl (C=O) groups is 2. The largest absolute Gasteiger partial charge is 0.394 e. The molecule has 0 aromatic carbocycles. The normalized spacial score (nSPS) is 21.2. The molecule has 2 aromatic rings. The van der Waals surface area contributed by atoms with Crippen molar-refractivity contribution in [2.24, 2.45) is 5.92 Å². The van der Waals surface area contributed by atoms with Gasteiger partial charge in [-0.1, -0.05) is 12.1 Å². The highest BCUT2D eigenvalue weighted by atomic mass is 16.5. The van der Waals surface area contributed by atoms with Crippen molar-refractivity contribution in [2.45, 2.75) is 52.0 Å². The molecule has 0 spiro atoms. The second kappa shape index (κ2) is 11.1. The van der Waals surface area contributed by atoms with Crippen molar-refractivity contribution in [3.63, 3.8) is 0 Å². The highest BCUT2D eigenvalue weighted by Crippen LogP contribution is 2.18. The first-order chi connectivity index (χ1) is 15.4. The number of aryl methyl sites for hydroxylation is 1. The first-order valence-corrected chi connectivity index (χ1v) is 11.0. The molecule has 0 unspecified atom stereocenters. The Labute approximate surface area is 188 Å². The van der Waals surface area contributed by atoms with Gasteiger partial charge in [-0.25, -0.2) is 0 Å². The lowest BCUT2D eigenvalue weighted by molar-refractivity contribution is -0.136. The molecule has 3 atom stereocenters. The number of fused-ring (bicyclic) bond motifs is 2. The van der Waals surface area contributed by atoms with E-state index in [1.54, 1.807) is 46.1 Å². The van der Waals surface area contributed by atoms with Crippen LogP contribution in [0.3, 0.4) is 0 Å². The summed E-state index contributed by atoms with van der Waals surface area (Å²) in [5.41, 5.74) is 1.25. The fourth-order valence-corrected chi connectivity index (χ4v) is 3.76. The Balaban J connectivity index is 1.80. The Morgan fingerprint density at radius 2 is 2.12 bits per heavy atom. The van der Waals surface area contributed by atoms with Gasteiger partial charge in [0.25, 0.3) is 5.91 Å². The number of nitrogens with zero attached hydrogens (tertiary/aromatic N) is 6. The predicted molar refractivity (Wildman–Crippen MR) is 116 cm³/mol. The minimum atomic E-state index is -0.349. The molecule has 174 valence electrons. The van der Waals surface area contributed by atoms with Crippen molar-refractivity contribution < 1.29 is 19.4 Å². The third kappa shape index (κ3) is 6.10. The summed E-state index contributed by atoms with van der Waals surface area (Å²) in [5, 5.41) is 18.0. The first-order valence-electron chi connectivity index (χ1n) is 11.0. The molecule has 10 nitrogen and oxygen atoms in total. The molecule has 0 saturated heterocycles. The van der Waals surface area contributed by atoms with Crippen molar-refractivity contribution in [3.05, 3.63) is 42.0 Å². The Morgan fingerprint density at radius 3 is 2.84 bits per heavy atom. The number of likely N-dealkylation sites (N-methyl/N-ethyl adjacent to an activating group) is 1. The summed E-state index contributed by atoms with van der Waals surface area (Å²) in [6.45, 7) is 5.32. The summed E-state index contributed by atoms with van der Waals surface area (Å²) in [4.78, 5) is 33.0. The third-order valence-corrected chi connectivity index (χ3v) is 5.77. The molecular weight excluding hydrogens is 412 g/mol. The van der Waals surface area contributed by atoms with Gasteiger partial charge in [0.15, 0.2) is 0 Å². The van der Waals surface area contributed by atoms with Crippen LogP contribution in [-0.4, -0.2) is 85.6 Å². The molecule has 0 radical (unpaired) electrons. The number of amides is 2. The zero-order valence-corrected chi connectivity index (χ0v) is 18.9. The maximum Gasteiger partial charge on any atom is 0.253 e. The second-order valence-corrected chi connectivity index (χ2v) is 8.40. The van der Waals surface area contributed by atoms with E-state index in [-0.39, 0.29) is 43.1 Å². The SMILES string of the molecule is C[C@@H]1CN([C@H](C)CO)C(=O)CCCn2cc(nn2)CO[C@H]1CN(C)C(=O)c1ccncc1. The number of hydrogen-bond donors (Lipinski definition) is 1. The topological polar surface area (TPSA) is 114 Å². The summed E-state index contributed by atoms with van der Waals surface area (Å²) in [5.74, 6) is -0.233. The van der Waals surface area contributed by atoms with Gasteiger partial charge in [0.1, 0.15) is 5.69 Å². The quantitative estimate of drug-likeness (QED) is 0.731. The monoisotopic (exact) mass is 444 g/mol. The predicted octanol–water partition coefficient (Wildman–Crippen LogP) is 0.970. The van der Waals surface area contributed by atoms with Crippen LogP contribution in [0.5, 0.6) is 0 Å². The Hall–Kier alpha value is -2.85. The molecular formula is C22H32N6O4. The van der Waals surface area contributed by atoms with Crippen LogP contribution < -0.4 is 0 Å². The maximum atomic E-state index is 12.9. The van der Waals surface area contributed by atoms with Crippen LogP contribution in [0.4, 0.5) is 0 Å². The summed E-state index contributed by atoms with van der Waals surface area (Å²) in [7, 11) is 1.73. The molecule has 0 aliphatic carbocycles. The van der Waals surface area contributed by atoms with Gasteiger partial charge in [-0.05, 0) is 25.5 Å². The van der Waals surface area contributed by atoms with E-state index in [1.807, 2.05) is 20.0 Å². The molecule has 2 bridgehead atoms. The fourth-order valence-electron chi connectivity index (χ4n) is 3.76. The lowest BCUT2D eigenvalue weighted by Gasteiger charge is -2.35. The highest BCUT2D eigenvalue weighted by Gasteiger charge is 2.29. The van der Waals surface area contributed by atoms with E-state index >= 15 is 0 Å². The Kier molecular flexibility index (Phi) is 8.29. The van der Waals surface area contributed by atoms with Crippen LogP contribution in [0.1, 0.15) is 42.7 Å². The second-order valence-electron chi connectivity index (χ2n) is 8.40. The van der Waals surface area contributed by atoms with E-state index in [4.69, 9.17) is 4.74 Å². The number of hydrogen-bond acceptors (Lipinski definition) is 7. The average Bonchev–Trinajstić information content (AvgIpc) is 3.26. The van der Waals surface area contributed by atoms with Gasteiger partial charge in [-0.3, -0.25) is 19.3 Å². The van der Waals surface area contributed by atoms with Crippen molar-refractivity contribution in [1.82, 2.24) is 29.8 Å². The molecule has 0 fully saturated rings. The molecule has 32 heavy (non-hydrogen) atoms. The summed E-state index contributed by atoms with van der Waals surface area (Å²) >= 11 is 0. The van der Waals surface area contributed by atoms with Gasteiger partial charge in [-0.2, -0.15) is 0 Å². The van der Waals surface area contributed by atoms with Crippen LogP contribution in [0.25, 0.3) is 0 Å². The van der Waals surface area contributed by atoms with E-state index < -0.39 is 0 Å². The zero-order valence-electron chi connectivity index (χ0n) is 18.9. The van der Waals surface area contributed by atoms with Gasteiger partial charge in [0.2, 0.25) is 5.91 Å². The molecule has 1 aliphatic heterocycles. The van der Waals surface area contributed by atoms with E-state index in [0.29, 0.717) is 43.7 Å². The first kappa shape index (κ1) is 23.8. The van der Waals surface area contributed by atoms with E-state index in [9.17, 15) is 14.7 Å². The Morgan fingerprint density at radius 1 is 1.38 bits per heavy atom. The summed E-state index contributed by atoms with van der Waals surface area (Å²) in [6, 6.07) is 3.05. The van der Waals surface area contributed by atoms with Crippen molar-refractivity contribution in [1.29, 1.82) is 0 Å². The number of ether oxygens (including phenoxy) is 1. The molecule has 3 rings (SSSR count). The summed E-state index contributed by atoms with van der Waals surface area (Å²) in [6.07, 6.45) is 5.64. The van der Waals surface area contributed by atoms with Gasteiger partial charge < -0.3 is 19.6 Å². The number of carbonyl (C=O) groups excluding carboxylic acids is 2. The number of rotatable bonds is 5. The van der Waals surface area contributed by atoms with E-state index in [2.05, 4.69) is 15.3 Å². The lowest BCUT2D eigenvalue weighted by atomic mass is 10.0. The standard InChI is InChI=1S/C22H32N6O4/c1-16-11-28(17(2)14-29)21(30)5-4-10-27-12-19(24-25-27)15-32-20(16)13-26(3)22(31)18-6-8-23-9-7-18/h6-9,12,16-17,20,29H,4-5,10-11,13-15H2,1-3H3/t16-,17-,20+/m1/s1. The van der Waals surface area contributed by atoms with Crippen molar-refractivity contribution in [2.75, 3.05) is 26.7 Å². The van der Waals surface area contributed by atoms with Gasteiger partial charge in [-0.15, -0.1) is 5.10 Å². The van der Waals surface area contributed by atoms with Crippen LogP contribution in [0, 0.1) is 5.92 Å². The number of pyridine rings is 1. The highest BCUT2D eigenvalue weighted by molar-refractivity contribution is 5.93. The van der Waals surface area contributed by atoms with Crippen molar-refractivity contribution >= 4 is 11.8 Å². The van der Waals surface area contributed by atoms with E-state index in [0.717, 1.165) is 0 Å². The molecule has 0 saturated carbocycles. The maximum absolute atomic E-state index is 12.9. The molecule has 3 heterocycles. The minimum absolute atomic E-state index is 0.0158. The van der Waals surface area contributed by atoms with Gasteiger partial charge >= 0.3 is 0 Å². The van der Waals surface area contributed by atoms with Crippen LogP contribution in [-0.2, 0) is 22.7 Å². The van der Waals surface area contributed by atoms with Gasteiger partial charge in [0, 0.05) is 57.0 Å². The molecule has 1 aliphatic rings. The fraction of sp³-hybridized carbons (Fsp3) is 0.591. The van der Waals surface area contributed by atoms with Crippen LogP contribution in [0.2, 0.25) is 0 Å². The number of aliphatic hydroxyl groups excluding tert-OH is 1. The number of aromatic nitrogens is 4. The molecule has 1 N–H and O–H groups in total. The van der Waals surface area contributed by atoms with Crippen LogP contribution >= 0.6 is 0 Å². The lowest BCUT2D eigenvalue weighted by Crippen LogP contribution is -2.47. The average molecular weight is 445 g/mol. The van der Waals surface area contributed by atoms with E-state index in [1.165, 1.54) is 0 Å². The van der Waals surface area contributed by atoms with Crippen molar-refractivity contribution in [3.8, 4) is 0 Å². The summed E-state index contributed by atoms with van der Waals surface area (Å²) < 4.78 is 7.91. The van der Waals surface area contributed by atoms with Gasteiger partial charge in [0.05, 0.1) is 31.6 Å². The Bertz CT molecular complexity index is 890. The minimum Gasteiger partial charge on any atom is -0.394 e. The smallest absolute Gasteiger partial charge is 0.253 e. The molecule has 2 amide bonds. The van der Waals surface area contributed by atoms with Crippen LogP contribution in [0.15, 0.2) is 30.7 Å². The molecule has 2 aromatic heterocycles. The zero-order chi connectivity index (χ0) is 23.1. The molecule has 10 heteroatoms. The third-order valence-electron chi connectivity index (χ3n) is 5.77.